The van der Waals surface area contributed by atoms with Crippen LogP contribution in [0.1, 0.15) is 58.8 Å². The summed E-state index contributed by atoms with van der Waals surface area (Å²) >= 11 is 2.31. The Bertz CT molecular complexity index is 202. The first-order chi connectivity index (χ1) is 7.90. The molecule has 0 aliphatic carbocycles. The van der Waals surface area contributed by atoms with E-state index in [0.29, 0.717) is 0 Å². The van der Waals surface area contributed by atoms with Crippen LogP contribution in [0.2, 0.25) is 4.59 Å². The van der Waals surface area contributed by atoms with E-state index in [0.717, 1.165) is 4.59 Å². The Morgan fingerprint density at radius 1 is 1.00 bits per heavy atom. The van der Waals surface area contributed by atoms with Gasteiger partial charge in [-0.25, -0.2) is 0 Å². The minimum atomic E-state index is -1.63. The van der Waals surface area contributed by atoms with Gasteiger partial charge >= 0.3 is 177 Å². The van der Waals surface area contributed by atoms with Crippen molar-refractivity contribution < 1.29 is 123 Å². The van der Waals surface area contributed by atoms with E-state index in [2.05, 4.69) is 31.6 Å². The molecule has 7 heteroatoms. The van der Waals surface area contributed by atoms with Gasteiger partial charge in [-0.3, -0.25) is 0 Å². The Balaban J connectivity index is -0.000000112. The van der Waals surface area contributed by atoms with Crippen LogP contribution in [-0.4, -0.2) is 29.7 Å². The van der Waals surface area contributed by atoms with E-state index in [1.807, 2.05) is 0 Å². The maximum atomic E-state index is 9.28. The molecule has 0 aliphatic heterocycles. The second-order valence-corrected chi connectivity index (χ2v) is 4.52. The molecule has 0 spiro atoms. The summed E-state index contributed by atoms with van der Waals surface area (Å²) in [5.41, 5.74) is 0. The summed E-state index contributed by atoms with van der Waals surface area (Å²) in [5, 5.41) is 18.6. The fourth-order valence-electron chi connectivity index (χ4n) is 1.27. The summed E-state index contributed by atoms with van der Waals surface area (Å²) in [6.45, 7) is 4.57. The molecule has 0 heterocycles. The van der Waals surface area contributed by atoms with Crippen molar-refractivity contribution in [2.24, 2.45) is 0 Å². The molecule has 1 unspecified atom stereocenters. The quantitative estimate of drug-likeness (QED) is 0.254. The summed E-state index contributed by atoms with van der Waals surface area (Å²) in [4.78, 5) is 18.6. The summed E-state index contributed by atoms with van der Waals surface area (Å²) in [7, 11) is 0. The van der Waals surface area contributed by atoms with Gasteiger partial charge in [0.05, 0.1) is 0 Å². The third-order valence-electron chi connectivity index (χ3n) is 2.17. The first-order valence-corrected chi connectivity index (χ1v) is 6.29. The van der Waals surface area contributed by atoms with Crippen LogP contribution >= 0.6 is 0 Å². The minimum absolute atomic E-state index is 0. The van der Waals surface area contributed by atoms with Crippen LogP contribution in [0, 0.1) is 0 Å². The van der Waals surface area contributed by atoms with Gasteiger partial charge in [-0.15, -0.1) is 0 Å². The number of carbonyl (C=O) groups is 2. The molecule has 0 amide bonds. The van der Waals surface area contributed by atoms with Crippen LogP contribution in [0.15, 0.2) is 0 Å². The van der Waals surface area contributed by atoms with Crippen molar-refractivity contribution in [1.29, 1.82) is 0 Å². The molecule has 96 valence electrons. The summed E-state index contributed by atoms with van der Waals surface area (Å²) in [6, 6.07) is 0. The number of hydrogen-bond donors (Lipinski definition) is 0. The monoisotopic (exact) mass is 314 g/mol. The number of carbonyl (C=O) groups excluding carboxylic acids is 2. The number of rotatable bonds is 8. The number of aliphatic carboxylic acids is 2. The molecule has 0 aromatic heterocycles. The van der Waals surface area contributed by atoms with Crippen LogP contribution < -0.4 is 113 Å². The average molecular weight is 314 g/mol. The van der Waals surface area contributed by atoms with Crippen LogP contribution in [0.25, 0.3) is 0 Å². The average Bonchev–Trinajstić information content (AvgIpc) is 2.15. The van der Waals surface area contributed by atoms with Crippen molar-refractivity contribution in [3.8, 4) is 0 Å². The first kappa shape index (κ1) is 29.8. The zero-order chi connectivity index (χ0) is 13.7. The Morgan fingerprint density at radius 3 is 1.68 bits per heavy atom. The van der Waals surface area contributed by atoms with E-state index >= 15 is 0 Å². The van der Waals surface area contributed by atoms with Gasteiger partial charge < -0.3 is 19.8 Å². The molecule has 19 heavy (non-hydrogen) atoms. The molecule has 0 saturated carbocycles. The molecule has 0 N–H and O–H groups in total. The van der Waals surface area contributed by atoms with E-state index in [1.165, 1.54) is 38.5 Å². The molecule has 0 bridgehead atoms. The van der Waals surface area contributed by atoms with Gasteiger partial charge in [0.25, 0.3) is 0 Å². The fourth-order valence-corrected chi connectivity index (χ4v) is 1.27. The van der Waals surface area contributed by atoms with Crippen molar-refractivity contribution in [1.82, 2.24) is 0 Å². The molecule has 0 saturated heterocycles. The van der Waals surface area contributed by atoms with E-state index in [-0.39, 0.29) is 103 Å². The van der Waals surface area contributed by atoms with E-state index in [1.54, 1.807) is 0 Å². The van der Waals surface area contributed by atoms with Crippen molar-refractivity contribution >= 4 is 29.7 Å². The third kappa shape index (κ3) is 38.6. The normalized spacial score (nSPS) is 10.1. The predicted molar refractivity (Wildman–Crippen MR) is 63.2 cm³/mol. The van der Waals surface area contributed by atoms with E-state index in [4.69, 9.17) is 0 Å². The molecule has 1 atom stereocenters. The number of carboxylic acids is 2. The molecule has 0 radical (unpaired) electrons. The summed E-state index contributed by atoms with van der Waals surface area (Å²) < 4.78 is 0.904. The van der Waals surface area contributed by atoms with Gasteiger partial charge in [0.15, 0.2) is 0 Å². The fraction of sp³-hybridized carbons (Fsp3) is 0.833. The van der Waals surface area contributed by atoms with Crippen molar-refractivity contribution in [3.63, 3.8) is 0 Å². The second-order valence-electron chi connectivity index (χ2n) is 4.52. The van der Waals surface area contributed by atoms with Gasteiger partial charge in [-0.05, 0) is 0 Å². The summed E-state index contributed by atoms with van der Waals surface area (Å²) in [5.74, 6) is -3.25. The van der Waals surface area contributed by atoms with Crippen molar-refractivity contribution in [3.05, 3.63) is 0 Å². The van der Waals surface area contributed by atoms with Crippen molar-refractivity contribution in [2.75, 3.05) is 0 Å². The van der Waals surface area contributed by atoms with Gasteiger partial charge in [-0.1, -0.05) is 0 Å². The maximum absolute atomic E-state index is 9.28. The molecule has 4 nitrogen and oxygen atoms in total. The van der Waals surface area contributed by atoms with Crippen LogP contribution in [-0.2, 0) is 9.59 Å². The SMILES string of the molecule is O=C([O-])CC(=O)[O-].[K+].[K+].[Li][CH](C)CCCCCCC. The van der Waals surface area contributed by atoms with Gasteiger partial charge in [-0.2, -0.15) is 0 Å². The second kappa shape index (κ2) is 23.1. The molecule has 0 fully saturated rings. The van der Waals surface area contributed by atoms with Gasteiger partial charge in [0.1, 0.15) is 0 Å². The first-order valence-electron chi connectivity index (χ1n) is 6.29. The topological polar surface area (TPSA) is 80.3 Å². The van der Waals surface area contributed by atoms with E-state index < -0.39 is 18.4 Å². The molecule has 0 aromatic rings. The zero-order valence-electron chi connectivity index (χ0n) is 13.2. The Morgan fingerprint density at radius 2 is 1.42 bits per heavy atom. The van der Waals surface area contributed by atoms with Crippen LogP contribution in [0.5, 0.6) is 0 Å². The Labute approximate surface area is 211 Å². The number of hydrogen-bond acceptors (Lipinski definition) is 4. The Kier molecular flexibility index (Phi) is 36.2. The molecule has 0 aliphatic rings. The van der Waals surface area contributed by atoms with E-state index in [9.17, 15) is 19.8 Å². The van der Waals surface area contributed by atoms with Crippen LogP contribution in [0.4, 0.5) is 0 Å². The third-order valence-corrected chi connectivity index (χ3v) is 2.17. The predicted octanol–water partition coefficient (Wildman–Crippen LogP) is -5.79. The molecular formula is C12H21K2LiO4. The number of unbranched alkanes of at least 4 members (excludes halogenated alkanes) is 4. The molecule has 0 aromatic carbocycles. The van der Waals surface area contributed by atoms with Gasteiger partial charge in [0, 0.05) is 18.4 Å². The number of carboxylic acid groups (broad SMARTS) is 2. The Hall–Kier alpha value is 2.81. The standard InChI is InChI=1S/C9H19.C3H4O4.2K.Li/c1-3-5-7-9-8-6-4-2;4-2(5)1-3(6)7;;;/h3H,4-9H2,1-2H3;1H2,(H,4,5)(H,6,7);;;/q;;2*+1;/p-2. The molecular weight excluding hydrogens is 293 g/mol. The molecule has 0 rings (SSSR count). The van der Waals surface area contributed by atoms with Crippen LogP contribution in [0.3, 0.4) is 0 Å². The zero-order valence-corrected chi connectivity index (χ0v) is 19.4. The van der Waals surface area contributed by atoms with Gasteiger partial charge in [0.2, 0.25) is 0 Å². The summed E-state index contributed by atoms with van der Waals surface area (Å²) in [6.07, 6.45) is 7.52. The van der Waals surface area contributed by atoms with Crippen molar-refractivity contribution in [2.45, 2.75) is 63.4 Å².